The predicted octanol–water partition coefficient (Wildman–Crippen LogP) is 1.99. The number of likely N-dealkylation sites (N-methyl/N-ethyl adjacent to an activating group) is 1. The highest BCUT2D eigenvalue weighted by atomic mass is 32.2. The summed E-state index contributed by atoms with van der Waals surface area (Å²) in [6.07, 6.45) is 0. The molecule has 2 aromatic rings. The van der Waals surface area contributed by atoms with E-state index in [9.17, 15) is 22.4 Å². The number of hydrogen-bond donors (Lipinski definition) is 1. The van der Waals surface area contributed by atoms with E-state index in [2.05, 4.69) is 5.32 Å². The van der Waals surface area contributed by atoms with Gasteiger partial charge in [0.2, 0.25) is 11.8 Å². The second-order valence-electron chi connectivity index (χ2n) is 7.33. The fourth-order valence-corrected chi connectivity index (χ4v) is 4.10. The number of nitrogens with one attached hydrogen (secondary N) is 1. The number of hydrogen-bond acceptors (Lipinski definition) is 4. The van der Waals surface area contributed by atoms with Crippen LogP contribution in [0.25, 0.3) is 0 Å². The monoisotopic (exact) mass is 464 g/mol. The van der Waals surface area contributed by atoms with Crippen LogP contribution in [0, 0.1) is 5.82 Å². The Morgan fingerprint density at radius 1 is 1.03 bits per heavy atom. The van der Waals surface area contributed by atoms with Crippen LogP contribution >= 0.6 is 0 Å². The summed E-state index contributed by atoms with van der Waals surface area (Å²) >= 11 is 0. The van der Waals surface area contributed by atoms with Crippen LogP contribution in [0.2, 0.25) is 0 Å². The minimum Gasteiger partial charge on any atom is -0.355 e. The Hall–Kier alpha value is -2.98. The van der Waals surface area contributed by atoms with Gasteiger partial charge in [0, 0.05) is 27.2 Å². The first kappa shape index (κ1) is 25.3. The quantitative estimate of drug-likeness (QED) is 0.582. The summed E-state index contributed by atoms with van der Waals surface area (Å²) < 4.78 is 42.0. The Labute approximate surface area is 188 Å². The molecule has 10 heteroatoms. The molecule has 0 saturated heterocycles. The molecule has 0 aliphatic carbocycles. The van der Waals surface area contributed by atoms with E-state index in [-0.39, 0.29) is 18.1 Å². The first-order chi connectivity index (χ1) is 15.1. The maximum Gasteiger partial charge on any atom is 0.304 e. The van der Waals surface area contributed by atoms with Crippen molar-refractivity contribution in [2.75, 3.05) is 31.5 Å². The Balaban J connectivity index is 2.44. The number of halogens is 1. The van der Waals surface area contributed by atoms with Gasteiger partial charge in [-0.25, -0.2) is 8.70 Å². The lowest BCUT2D eigenvalue weighted by Crippen LogP contribution is -2.52. The van der Waals surface area contributed by atoms with Gasteiger partial charge in [0.05, 0.1) is 5.69 Å². The van der Waals surface area contributed by atoms with Crippen molar-refractivity contribution in [2.24, 2.45) is 0 Å². The van der Waals surface area contributed by atoms with Gasteiger partial charge >= 0.3 is 10.2 Å². The van der Waals surface area contributed by atoms with Gasteiger partial charge in [-0.05, 0) is 31.5 Å². The van der Waals surface area contributed by atoms with Crippen molar-refractivity contribution < 1.29 is 22.4 Å². The number of carbonyl (C=O) groups is 2. The first-order valence-corrected chi connectivity index (χ1v) is 11.5. The minimum atomic E-state index is -4.19. The molecule has 0 fully saturated rings. The summed E-state index contributed by atoms with van der Waals surface area (Å²) in [4.78, 5) is 27.1. The average Bonchev–Trinajstić information content (AvgIpc) is 2.76. The molecule has 8 nitrogen and oxygen atoms in total. The summed E-state index contributed by atoms with van der Waals surface area (Å²) in [7, 11) is -1.60. The van der Waals surface area contributed by atoms with E-state index in [0.29, 0.717) is 10.8 Å². The molecule has 2 amide bonds. The molecular formula is C22H29FN4O4S. The summed E-state index contributed by atoms with van der Waals surface area (Å²) in [5.74, 6) is -1.79. The fraction of sp³-hybridized carbons (Fsp3) is 0.364. The zero-order valence-electron chi connectivity index (χ0n) is 18.7. The topological polar surface area (TPSA) is 90.0 Å². The van der Waals surface area contributed by atoms with E-state index < -0.39 is 34.5 Å². The van der Waals surface area contributed by atoms with Gasteiger partial charge < -0.3 is 10.2 Å². The summed E-state index contributed by atoms with van der Waals surface area (Å²) in [5, 5.41) is 2.68. The number of para-hydroxylation sites is 1. The van der Waals surface area contributed by atoms with Crippen LogP contribution in [-0.2, 0) is 26.3 Å². The van der Waals surface area contributed by atoms with E-state index in [1.165, 1.54) is 37.2 Å². The second-order valence-corrected chi connectivity index (χ2v) is 9.39. The van der Waals surface area contributed by atoms with Crippen LogP contribution in [0.3, 0.4) is 0 Å². The molecule has 0 spiro atoms. The number of amides is 2. The summed E-state index contributed by atoms with van der Waals surface area (Å²) in [6, 6.07) is 13.5. The van der Waals surface area contributed by atoms with E-state index in [0.717, 1.165) is 15.9 Å². The van der Waals surface area contributed by atoms with Crippen molar-refractivity contribution in [2.45, 2.75) is 26.4 Å². The molecule has 0 unspecified atom stereocenters. The van der Waals surface area contributed by atoms with Crippen LogP contribution < -0.4 is 9.62 Å². The van der Waals surface area contributed by atoms with E-state index in [4.69, 9.17) is 0 Å². The predicted molar refractivity (Wildman–Crippen MR) is 121 cm³/mol. The van der Waals surface area contributed by atoms with Crippen molar-refractivity contribution >= 4 is 27.7 Å². The Morgan fingerprint density at radius 3 is 2.19 bits per heavy atom. The highest BCUT2D eigenvalue weighted by Gasteiger charge is 2.33. The number of rotatable bonds is 10. The van der Waals surface area contributed by atoms with Gasteiger partial charge in [-0.15, -0.1) is 0 Å². The van der Waals surface area contributed by atoms with Crippen molar-refractivity contribution in [1.29, 1.82) is 0 Å². The lowest BCUT2D eigenvalue weighted by atomic mass is 10.1. The highest BCUT2D eigenvalue weighted by molar-refractivity contribution is 7.90. The fourth-order valence-electron chi connectivity index (χ4n) is 3.04. The molecule has 0 heterocycles. The van der Waals surface area contributed by atoms with E-state index >= 15 is 0 Å². The van der Waals surface area contributed by atoms with Gasteiger partial charge in [0.1, 0.15) is 18.4 Å². The van der Waals surface area contributed by atoms with Gasteiger partial charge in [-0.1, -0.05) is 42.5 Å². The van der Waals surface area contributed by atoms with Crippen molar-refractivity contribution in [3.63, 3.8) is 0 Å². The van der Waals surface area contributed by atoms with Crippen molar-refractivity contribution in [3.8, 4) is 0 Å². The van der Waals surface area contributed by atoms with Crippen molar-refractivity contribution in [1.82, 2.24) is 14.5 Å². The molecule has 32 heavy (non-hydrogen) atoms. The molecule has 0 aliphatic rings. The Morgan fingerprint density at radius 2 is 1.62 bits per heavy atom. The molecule has 0 bridgehead atoms. The molecule has 2 rings (SSSR count). The van der Waals surface area contributed by atoms with Gasteiger partial charge in [0.25, 0.3) is 0 Å². The summed E-state index contributed by atoms with van der Waals surface area (Å²) in [6.45, 7) is 3.13. The largest absolute Gasteiger partial charge is 0.355 e. The Kier molecular flexibility index (Phi) is 8.73. The normalized spacial score (nSPS) is 12.3. The number of anilines is 1. The molecule has 0 saturated carbocycles. The number of nitrogens with zero attached hydrogens (tertiary/aromatic N) is 3. The molecule has 174 valence electrons. The van der Waals surface area contributed by atoms with Crippen molar-refractivity contribution in [3.05, 3.63) is 66.0 Å². The van der Waals surface area contributed by atoms with Crippen LogP contribution in [0.15, 0.2) is 54.6 Å². The Bertz CT molecular complexity index is 1030. The average molecular weight is 465 g/mol. The minimum absolute atomic E-state index is 0.0884. The van der Waals surface area contributed by atoms with Gasteiger partial charge in [-0.2, -0.15) is 12.7 Å². The van der Waals surface area contributed by atoms with E-state index in [1.807, 2.05) is 6.07 Å². The lowest BCUT2D eigenvalue weighted by molar-refractivity contribution is -0.139. The SMILES string of the molecule is CCNC(=O)[C@@H](C)N(Cc1ccccc1)C(=O)CN(c1ccccc1F)S(=O)(=O)N(C)C. The van der Waals surface area contributed by atoms with E-state index in [1.54, 1.807) is 38.1 Å². The molecular weight excluding hydrogens is 435 g/mol. The van der Waals surface area contributed by atoms with Crippen LogP contribution in [0.1, 0.15) is 19.4 Å². The zero-order valence-corrected chi connectivity index (χ0v) is 19.5. The zero-order chi connectivity index (χ0) is 23.9. The number of carbonyl (C=O) groups excluding carboxylic acids is 2. The third-order valence-corrected chi connectivity index (χ3v) is 6.66. The molecule has 0 radical (unpaired) electrons. The third kappa shape index (κ3) is 6.04. The molecule has 1 atom stereocenters. The maximum atomic E-state index is 14.5. The standard InChI is InChI=1S/C22H29FN4O4S/c1-5-24-22(29)17(2)26(15-18-11-7-6-8-12-18)21(28)16-27(32(30,31)25(3)4)20-14-10-9-13-19(20)23/h6-14,17H,5,15-16H2,1-4H3,(H,24,29)/t17-/m1/s1. The van der Waals surface area contributed by atoms with Crippen LogP contribution in [-0.4, -0.2) is 62.7 Å². The van der Waals surface area contributed by atoms with Crippen LogP contribution in [0.5, 0.6) is 0 Å². The third-order valence-electron chi connectivity index (χ3n) is 4.85. The maximum absolute atomic E-state index is 14.5. The smallest absolute Gasteiger partial charge is 0.304 e. The van der Waals surface area contributed by atoms with Crippen LogP contribution in [0.4, 0.5) is 10.1 Å². The molecule has 0 aliphatic heterocycles. The van der Waals surface area contributed by atoms with Gasteiger partial charge in [0.15, 0.2) is 0 Å². The first-order valence-electron chi connectivity index (χ1n) is 10.1. The van der Waals surface area contributed by atoms with Gasteiger partial charge in [-0.3, -0.25) is 9.59 Å². The molecule has 2 aromatic carbocycles. The molecule has 0 aromatic heterocycles. The molecule has 1 N–H and O–H groups in total. The number of benzene rings is 2. The lowest BCUT2D eigenvalue weighted by Gasteiger charge is -2.32. The second kappa shape index (κ2) is 11.1. The summed E-state index contributed by atoms with van der Waals surface area (Å²) in [5.41, 5.74) is 0.518. The highest BCUT2D eigenvalue weighted by Crippen LogP contribution is 2.23.